The standard InChI is InChI=1S/C12H12ClN3O2/c1-8-9(13)6-16(15-8)7-12(18)14-10-4-2-3-5-11(10)17/h2-6,17H,7H2,1H3,(H,14,18). The highest BCUT2D eigenvalue weighted by Gasteiger charge is 2.08. The SMILES string of the molecule is Cc1nn(CC(=O)Nc2ccccc2O)cc1Cl. The summed E-state index contributed by atoms with van der Waals surface area (Å²) < 4.78 is 1.45. The Balaban J connectivity index is 2.03. The highest BCUT2D eigenvalue weighted by molar-refractivity contribution is 6.31. The molecule has 0 unspecified atom stereocenters. The number of carbonyl (C=O) groups excluding carboxylic acids is 1. The number of nitrogens with one attached hydrogen (secondary N) is 1. The summed E-state index contributed by atoms with van der Waals surface area (Å²) in [6.45, 7) is 1.81. The lowest BCUT2D eigenvalue weighted by atomic mass is 10.3. The van der Waals surface area contributed by atoms with Crippen molar-refractivity contribution in [2.24, 2.45) is 0 Å². The fraction of sp³-hybridized carbons (Fsp3) is 0.167. The summed E-state index contributed by atoms with van der Waals surface area (Å²) in [4.78, 5) is 11.7. The quantitative estimate of drug-likeness (QED) is 0.836. The van der Waals surface area contributed by atoms with E-state index in [4.69, 9.17) is 11.6 Å². The maximum atomic E-state index is 11.7. The van der Waals surface area contributed by atoms with Gasteiger partial charge in [-0.3, -0.25) is 9.48 Å². The van der Waals surface area contributed by atoms with Crippen LogP contribution in [0.25, 0.3) is 0 Å². The second kappa shape index (κ2) is 5.10. The number of phenols is 1. The largest absolute Gasteiger partial charge is 0.506 e. The fourth-order valence-electron chi connectivity index (χ4n) is 1.49. The third-order valence-electron chi connectivity index (χ3n) is 2.37. The number of anilines is 1. The van der Waals surface area contributed by atoms with E-state index in [2.05, 4.69) is 10.4 Å². The first-order chi connectivity index (χ1) is 8.56. The Morgan fingerprint density at radius 1 is 1.50 bits per heavy atom. The summed E-state index contributed by atoms with van der Waals surface area (Å²) in [5.74, 6) is -0.254. The number of nitrogens with zero attached hydrogens (tertiary/aromatic N) is 2. The van der Waals surface area contributed by atoms with E-state index in [0.29, 0.717) is 16.4 Å². The van der Waals surface area contributed by atoms with E-state index in [9.17, 15) is 9.90 Å². The van der Waals surface area contributed by atoms with Gasteiger partial charge in [0.15, 0.2) is 0 Å². The van der Waals surface area contributed by atoms with Gasteiger partial charge in [0.05, 0.1) is 16.4 Å². The molecule has 1 aromatic heterocycles. The first-order valence-electron chi connectivity index (χ1n) is 5.33. The summed E-state index contributed by atoms with van der Waals surface area (Å²) in [7, 11) is 0. The van der Waals surface area contributed by atoms with Crippen molar-refractivity contribution in [3.8, 4) is 5.75 Å². The highest BCUT2D eigenvalue weighted by atomic mass is 35.5. The van der Waals surface area contributed by atoms with Crippen molar-refractivity contribution in [3.05, 3.63) is 41.2 Å². The Kier molecular flexibility index (Phi) is 3.53. The Labute approximate surface area is 109 Å². The van der Waals surface area contributed by atoms with Gasteiger partial charge in [-0.2, -0.15) is 5.10 Å². The molecule has 0 saturated carbocycles. The molecule has 1 aromatic carbocycles. The zero-order valence-electron chi connectivity index (χ0n) is 9.72. The van der Waals surface area contributed by atoms with Gasteiger partial charge in [0, 0.05) is 6.20 Å². The van der Waals surface area contributed by atoms with Crippen LogP contribution in [0.4, 0.5) is 5.69 Å². The van der Waals surface area contributed by atoms with Gasteiger partial charge < -0.3 is 10.4 Å². The number of aryl methyl sites for hydroxylation is 1. The summed E-state index contributed by atoms with van der Waals surface area (Å²) in [5, 5.41) is 16.7. The minimum atomic E-state index is -0.282. The number of hydrogen-bond donors (Lipinski definition) is 2. The van der Waals surface area contributed by atoms with Gasteiger partial charge in [0.1, 0.15) is 12.3 Å². The van der Waals surface area contributed by atoms with Crippen LogP contribution in [0.2, 0.25) is 5.02 Å². The van der Waals surface area contributed by atoms with Crippen LogP contribution in [0.15, 0.2) is 30.5 Å². The molecule has 0 bridgehead atoms. The number of rotatable bonds is 3. The minimum Gasteiger partial charge on any atom is -0.506 e. The maximum Gasteiger partial charge on any atom is 0.246 e. The molecular formula is C12H12ClN3O2. The number of benzene rings is 1. The lowest BCUT2D eigenvalue weighted by Gasteiger charge is -2.06. The molecule has 0 aliphatic rings. The van der Waals surface area contributed by atoms with E-state index in [1.807, 2.05) is 0 Å². The van der Waals surface area contributed by atoms with E-state index < -0.39 is 0 Å². The molecular weight excluding hydrogens is 254 g/mol. The molecule has 0 saturated heterocycles. The smallest absolute Gasteiger partial charge is 0.246 e. The van der Waals surface area contributed by atoms with E-state index >= 15 is 0 Å². The molecule has 1 heterocycles. The van der Waals surface area contributed by atoms with Crippen molar-refractivity contribution in [2.75, 3.05) is 5.32 Å². The van der Waals surface area contributed by atoms with Gasteiger partial charge in [-0.1, -0.05) is 23.7 Å². The molecule has 2 rings (SSSR count). The van der Waals surface area contributed by atoms with Gasteiger partial charge >= 0.3 is 0 Å². The van der Waals surface area contributed by atoms with Crippen LogP contribution >= 0.6 is 11.6 Å². The maximum absolute atomic E-state index is 11.7. The topological polar surface area (TPSA) is 67.2 Å². The van der Waals surface area contributed by atoms with Crippen LogP contribution in [0.3, 0.4) is 0 Å². The lowest BCUT2D eigenvalue weighted by Crippen LogP contribution is -2.19. The summed E-state index contributed by atoms with van der Waals surface area (Å²) in [6.07, 6.45) is 1.58. The number of aromatic nitrogens is 2. The van der Waals surface area contributed by atoms with E-state index in [1.165, 1.54) is 10.7 Å². The van der Waals surface area contributed by atoms with Crippen molar-refractivity contribution in [3.63, 3.8) is 0 Å². The number of hydrogen-bond acceptors (Lipinski definition) is 3. The van der Waals surface area contributed by atoms with Crippen molar-refractivity contribution in [1.29, 1.82) is 0 Å². The van der Waals surface area contributed by atoms with Gasteiger partial charge in [0.25, 0.3) is 0 Å². The third kappa shape index (κ3) is 2.81. The number of carbonyl (C=O) groups is 1. The third-order valence-corrected chi connectivity index (χ3v) is 2.74. The Morgan fingerprint density at radius 2 is 2.22 bits per heavy atom. The fourth-order valence-corrected chi connectivity index (χ4v) is 1.64. The number of halogens is 1. The van der Waals surface area contributed by atoms with Gasteiger partial charge in [-0.15, -0.1) is 0 Å². The van der Waals surface area contributed by atoms with Gasteiger partial charge in [-0.25, -0.2) is 0 Å². The van der Waals surface area contributed by atoms with Crippen LogP contribution in [0.5, 0.6) is 5.75 Å². The number of aromatic hydroxyl groups is 1. The summed E-state index contributed by atoms with van der Waals surface area (Å²) in [6, 6.07) is 6.53. The zero-order valence-corrected chi connectivity index (χ0v) is 10.5. The predicted molar refractivity (Wildman–Crippen MR) is 68.7 cm³/mol. The molecule has 5 nitrogen and oxygen atoms in total. The summed E-state index contributed by atoms with van der Waals surface area (Å²) in [5.41, 5.74) is 1.05. The Hall–Kier alpha value is -2.01. The second-order valence-electron chi connectivity index (χ2n) is 3.83. The molecule has 94 valence electrons. The second-order valence-corrected chi connectivity index (χ2v) is 4.23. The van der Waals surface area contributed by atoms with Crippen molar-refractivity contribution in [1.82, 2.24) is 9.78 Å². The number of phenolic OH excluding ortho intramolecular Hbond substituents is 1. The first kappa shape index (κ1) is 12.4. The molecule has 18 heavy (non-hydrogen) atoms. The zero-order chi connectivity index (χ0) is 13.1. The highest BCUT2D eigenvalue weighted by Crippen LogP contribution is 2.21. The molecule has 2 N–H and O–H groups in total. The van der Waals surface area contributed by atoms with Gasteiger partial charge in [0.2, 0.25) is 5.91 Å². The molecule has 6 heteroatoms. The average molecular weight is 266 g/mol. The van der Waals surface area contributed by atoms with E-state index in [1.54, 1.807) is 31.3 Å². The number of para-hydroxylation sites is 2. The monoisotopic (exact) mass is 265 g/mol. The van der Waals surface area contributed by atoms with Crippen molar-refractivity contribution < 1.29 is 9.90 Å². The number of amides is 1. The first-order valence-corrected chi connectivity index (χ1v) is 5.71. The van der Waals surface area contributed by atoms with Crippen molar-refractivity contribution >= 4 is 23.2 Å². The Bertz CT molecular complexity index is 561. The Morgan fingerprint density at radius 3 is 2.83 bits per heavy atom. The average Bonchev–Trinajstić information content (AvgIpc) is 2.61. The molecule has 0 aliphatic heterocycles. The molecule has 0 fully saturated rings. The predicted octanol–water partition coefficient (Wildman–Crippen LogP) is 2.19. The molecule has 0 spiro atoms. The molecule has 1 amide bonds. The molecule has 0 aliphatic carbocycles. The lowest BCUT2D eigenvalue weighted by molar-refractivity contribution is -0.116. The normalized spacial score (nSPS) is 10.3. The van der Waals surface area contributed by atoms with Gasteiger partial charge in [-0.05, 0) is 19.1 Å². The molecule has 0 atom stereocenters. The molecule has 2 aromatic rings. The van der Waals surface area contributed by atoms with Crippen LogP contribution in [-0.4, -0.2) is 20.8 Å². The van der Waals surface area contributed by atoms with Crippen molar-refractivity contribution in [2.45, 2.75) is 13.5 Å². The van der Waals surface area contributed by atoms with E-state index in [-0.39, 0.29) is 18.2 Å². The summed E-state index contributed by atoms with van der Waals surface area (Å²) >= 11 is 5.84. The van der Waals surface area contributed by atoms with Crippen LogP contribution in [0, 0.1) is 6.92 Å². The molecule has 0 radical (unpaired) electrons. The minimum absolute atomic E-state index is 0.0283. The van der Waals surface area contributed by atoms with Crippen LogP contribution in [0.1, 0.15) is 5.69 Å². The van der Waals surface area contributed by atoms with E-state index in [0.717, 1.165) is 0 Å². The van der Waals surface area contributed by atoms with Crippen LogP contribution in [-0.2, 0) is 11.3 Å². The van der Waals surface area contributed by atoms with Crippen LogP contribution < -0.4 is 5.32 Å².